The Morgan fingerprint density at radius 3 is 1.44 bits per heavy atom. The van der Waals surface area contributed by atoms with E-state index in [1.54, 1.807) is 0 Å². The van der Waals surface area contributed by atoms with Gasteiger partial charge in [0.1, 0.15) is 19.0 Å². The SMILES string of the molecule is CCCCCCCCCCCCCCCC(=O)OCC(COC(=O)CCCCCCCCCCCCCCC)OC(=O)CC(C)CC(=O)OCOC1CC[C@@]2(C)[C@@H](CC[C@@H]3[C@@H]2CC[C@]2(C)[C@@H](C(C)=O)CC[C@@H]32)C1. The molecule has 9 atom stereocenters. The highest BCUT2D eigenvalue weighted by molar-refractivity contribution is 5.79. The Hall–Kier alpha value is -2.49. The molecule has 0 spiro atoms. The molecule has 73 heavy (non-hydrogen) atoms. The number of rotatable bonds is 41. The van der Waals surface area contributed by atoms with Crippen LogP contribution in [-0.4, -0.2) is 61.9 Å². The average molecular weight is 1030 g/mol. The Morgan fingerprint density at radius 2 is 0.945 bits per heavy atom. The number of esters is 4. The van der Waals surface area contributed by atoms with E-state index in [1.165, 1.54) is 161 Å². The summed E-state index contributed by atoms with van der Waals surface area (Å²) in [5, 5.41) is 0. The lowest BCUT2D eigenvalue weighted by Gasteiger charge is -2.61. The van der Waals surface area contributed by atoms with Gasteiger partial charge in [0.2, 0.25) is 0 Å². The Balaban J connectivity index is 1.12. The topological polar surface area (TPSA) is 132 Å². The van der Waals surface area contributed by atoms with Crippen LogP contribution in [0.15, 0.2) is 0 Å². The Labute approximate surface area is 446 Å². The van der Waals surface area contributed by atoms with Gasteiger partial charge >= 0.3 is 23.9 Å². The van der Waals surface area contributed by atoms with Gasteiger partial charge in [-0.3, -0.25) is 24.0 Å². The maximum atomic E-state index is 13.2. The van der Waals surface area contributed by atoms with Gasteiger partial charge in [0, 0.05) is 31.6 Å². The van der Waals surface area contributed by atoms with Crippen LogP contribution >= 0.6 is 0 Å². The number of unbranched alkanes of at least 4 members (excludes halogenated alkanes) is 24. The molecule has 0 saturated heterocycles. The van der Waals surface area contributed by atoms with Crippen LogP contribution in [-0.2, 0) is 47.7 Å². The van der Waals surface area contributed by atoms with Crippen molar-refractivity contribution < 1.29 is 47.7 Å². The summed E-state index contributed by atoms with van der Waals surface area (Å²) in [6, 6.07) is 0. The van der Waals surface area contributed by atoms with Crippen LogP contribution in [0.4, 0.5) is 0 Å². The van der Waals surface area contributed by atoms with Gasteiger partial charge in [-0.15, -0.1) is 0 Å². The van der Waals surface area contributed by atoms with E-state index in [4.69, 9.17) is 23.7 Å². The second-order valence-electron chi connectivity index (χ2n) is 24.6. The van der Waals surface area contributed by atoms with Crippen molar-refractivity contribution >= 4 is 29.7 Å². The number of carbonyl (C=O) groups is 5. The molecule has 0 aliphatic heterocycles. The first-order valence-electron chi connectivity index (χ1n) is 31.1. The fraction of sp³-hybridized carbons (Fsp3) is 0.921. The van der Waals surface area contributed by atoms with Gasteiger partial charge in [-0.25, -0.2) is 0 Å². The monoisotopic (exact) mass is 1030 g/mol. The van der Waals surface area contributed by atoms with Gasteiger partial charge in [-0.1, -0.05) is 189 Å². The van der Waals surface area contributed by atoms with Crippen molar-refractivity contribution in [2.24, 2.45) is 46.3 Å². The van der Waals surface area contributed by atoms with Crippen molar-refractivity contribution in [3.63, 3.8) is 0 Å². The smallest absolute Gasteiger partial charge is 0.308 e. The molecule has 0 heterocycles. The molecule has 4 fully saturated rings. The number of ketones is 1. The summed E-state index contributed by atoms with van der Waals surface area (Å²) in [6.45, 7) is 12.6. The summed E-state index contributed by atoms with van der Waals surface area (Å²) >= 11 is 0. The highest BCUT2D eigenvalue weighted by atomic mass is 16.7. The summed E-state index contributed by atoms with van der Waals surface area (Å²) in [6.07, 6.45) is 41.7. The fourth-order valence-corrected chi connectivity index (χ4v) is 14.4. The summed E-state index contributed by atoms with van der Waals surface area (Å²) in [7, 11) is 0. The normalized spacial score (nSPS) is 25.8. The summed E-state index contributed by atoms with van der Waals surface area (Å²) in [5.41, 5.74) is 0.461. The lowest BCUT2D eigenvalue weighted by molar-refractivity contribution is -0.175. The molecule has 4 rings (SSSR count). The molecule has 0 amide bonds. The van der Waals surface area contributed by atoms with Crippen LogP contribution in [0.3, 0.4) is 0 Å². The van der Waals surface area contributed by atoms with Crippen molar-refractivity contribution in [2.45, 2.75) is 304 Å². The fourth-order valence-electron chi connectivity index (χ4n) is 14.4. The second kappa shape index (κ2) is 35.8. The zero-order chi connectivity index (χ0) is 52.7. The van der Waals surface area contributed by atoms with Gasteiger partial charge in [0.15, 0.2) is 12.9 Å². The van der Waals surface area contributed by atoms with Crippen molar-refractivity contribution in [2.75, 3.05) is 20.0 Å². The number of ether oxygens (including phenoxy) is 5. The van der Waals surface area contributed by atoms with Crippen LogP contribution in [0.2, 0.25) is 0 Å². The molecule has 4 aliphatic carbocycles. The molecule has 4 aliphatic rings. The molecule has 0 aromatic heterocycles. The minimum Gasteiger partial charge on any atom is -0.462 e. The van der Waals surface area contributed by atoms with E-state index in [0.717, 1.165) is 70.1 Å². The molecule has 0 radical (unpaired) electrons. The first kappa shape index (κ1) is 63.0. The summed E-state index contributed by atoms with van der Waals surface area (Å²) < 4.78 is 28.7. The summed E-state index contributed by atoms with van der Waals surface area (Å²) in [5.74, 6) is 1.29. The lowest BCUT2D eigenvalue weighted by atomic mass is 9.44. The van der Waals surface area contributed by atoms with Gasteiger partial charge in [0.25, 0.3) is 0 Å². The van der Waals surface area contributed by atoms with E-state index in [1.807, 2.05) is 13.8 Å². The van der Waals surface area contributed by atoms with Crippen molar-refractivity contribution in [1.29, 1.82) is 0 Å². The van der Waals surface area contributed by atoms with Gasteiger partial charge in [-0.05, 0) is 118 Å². The van der Waals surface area contributed by atoms with E-state index in [-0.39, 0.29) is 68.1 Å². The van der Waals surface area contributed by atoms with Crippen molar-refractivity contribution in [1.82, 2.24) is 0 Å². The molecule has 0 bridgehead atoms. The van der Waals surface area contributed by atoms with Crippen molar-refractivity contribution in [3.8, 4) is 0 Å². The number of hydrogen-bond acceptors (Lipinski definition) is 10. The molecule has 0 aromatic rings. The van der Waals surface area contributed by atoms with E-state index in [9.17, 15) is 24.0 Å². The van der Waals surface area contributed by atoms with E-state index < -0.39 is 18.0 Å². The third-order valence-electron chi connectivity index (χ3n) is 18.8. The van der Waals surface area contributed by atoms with Crippen LogP contribution in [0.5, 0.6) is 0 Å². The molecule has 10 nitrogen and oxygen atoms in total. The van der Waals surface area contributed by atoms with Crippen LogP contribution in [0.25, 0.3) is 0 Å². The molecule has 422 valence electrons. The number of carbonyl (C=O) groups excluding carboxylic acids is 5. The first-order chi connectivity index (χ1) is 35.3. The molecule has 4 saturated carbocycles. The third kappa shape index (κ3) is 22.9. The van der Waals surface area contributed by atoms with Gasteiger partial charge < -0.3 is 23.7 Å². The minimum absolute atomic E-state index is 0.0321. The Bertz CT molecular complexity index is 1520. The average Bonchev–Trinajstić information content (AvgIpc) is 3.73. The zero-order valence-electron chi connectivity index (χ0n) is 47.9. The zero-order valence-corrected chi connectivity index (χ0v) is 47.9. The molecular weight excluding hydrogens is 917 g/mol. The standard InChI is InChI=1S/C63H110O10/c1-7-9-11-13-15-17-19-21-23-25-27-29-31-33-58(65)69-46-53(47-70-59(66)34-32-30-28-26-24-22-20-18-16-14-12-10-8-2)73-61(68)44-49(3)43-60(67)72-48-71-52-39-41-62(5)51(45-52)35-36-54-56-38-37-55(50(4)64)63(56,6)42-40-57(54)62/h49,51-57H,7-48H2,1-6H3/t49?,51-,52?,54-,55+,56-,57-,62-,63+/m0/s1. The number of hydrogen-bond donors (Lipinski definition) is 0. The molecule has 0 aromatic carbocycles. The van der Waals surface area contributed by atoms with Gasteiger partial charge in [-0.2, -0.15) is 0 Å². The second-order valence-corrected chi connectivity index (χ2v) is 24.6. The quantitative estimate of drug-likeness (QED) is 0.0252. The predicted octanol–water partition coefficient (Wildman–Crippen LogP) is 16.5. The van der Waals surface area contributed by atoms with E-state index >= 15 is 0 Å². The van der Waals surface area contributed by atoms with Crippen LogP contribution in [0, 0.1) is 46.3 Å². The van der Waals surface area contributed by atoms with Crippen LogP contribution in [0.1, 0.15) is 292 Å². The highest BCUT2D eigenvalue weighted by Gasteiger charge is 2.61. The van der Waals surface area contributed by atoms with E-state index in [2.05, 4.69) is 27.7 Å². The molecule has 2 unspecified atom stereocenters. The number of Topliss-reactive ketones (excluding diaryl/α,β-unsaturated/α-hetero) is 1. The van der Waals surface area contributed by atoms with Gasteiger partial charge in [0.05, 0.1) is 6.10 Å². The lowest BCUT2D eigenvalue weighted by Crippen LogP contribution is -2.54. The molecule has 0 N–H and O–H groups in total. The highest BCUT2D eigenvalue weighted by Crippen LogP contribution is 2.67. The Kier molecular flexibility index (Phi) is 30.9. The summed E-state index contributed by atoms with van der Waals surface area (Å²) in [4.78, 5) is 64.3. The maximum Gasteiger partial charge on any atom is 0.308 e. The van der Waals surface area contributed by atoms with Crippen molar-refractivity contribution in [3.05, 3.63) is 0 Å². The third-order valence-corrected chi connectivity index (χ3v) is 18.8. The predicted molar refractivity (Wildman–Crippen MR) is 293 cm³/mol. The Morgan fingerprint density at radius 1 is 0.493 bits per heavy atom. The molecular formula is C63H110O10. The number of fused-ring (bicyclic) bond motifs is 5. The first-order valence-corrected chi connectivity index (χ1v) is 31.1. The maximum absolute atomic E-state index is 13.2. The molecule has 10 heteroatoms. The van der Waals surface area contributed by atoms with E-state index in [0.29, 0.717) is 41.8 Å². The van der Waals surface area contributed by atoms with Crippen LogP contribution < -0.4 is 0 Å². The minimum atomic E-state index is -0.932. The largest absolute Gasteiger partial charge is 0.462 e.